The van der Waals surface area contributed by atoms with Gasteiger partial charge in [-0.15, -0.1) is 0 Å². The zero-order valence-electron chi connectivity index (χ0n) is 36.3. The van der Waals surface area contributed by atoms with Crippen molar-refractivity contribution in [3.8, 4) is 0 Å². The van der Waals surface area contributed by atoms with Crippen molar-refractivity contribution in [3.05, 3.63) is 0 Å². The first-order valence-electron chi connectivity index (χ1n) is 23.3. The Morgan fingerprint density at radius 1 is 0.613 bits per heavy atom. The van der Waals surface area contributed by atoms with Gasteiger partial charge in [0, 0.05) is 12.3 Å². The summed E-state index contributed by atoms with van der Waals surface area (Å²) < 4.78 is 49.6. The number of hydrogen-bond donors (Lipinski definition) is 10. The predicted molar refractivity (Wildman–Crippen MR) is 211 cm³/mol. The summed E-state index contributed by atoms with van der Waals surface area (Å²) >= 11 is 0. The largest absolute Gasteiger partial charge is 0.394 e. The van der Waals surface area contributed by atoms with E-state index in [1.165, 1.54) is 0 Å². The third-order valence-corrected chi connectivity index (χ3v) is 17.9. The van der Waals surface area contributed by atoms with Crippen LogP contribution in [0.25, 0.3) is 0 Å². The zero-order chi connectivity index (χ0) is 44.2. The smallest absolute Gasteiger partial charge is 0.187 e. The quantitative estimate of drug-likeness (QED) is 0.129. The molecule has 1 spiro atoms. The molecular weight excluding hydrogens is 816 g/mol. The molecule has 3 unspecified atom stereocenters. The number of ether oxygens (including phenoxy) is 8. The van der Waals surface area contributed by atoms with Gasteiger partial charge in [0.15, 0.2) is 24.7 Å². The number of rotatable bonds is 8. The van der Waals surface area contributed by atoms with Crippen molar-refractivity contribution < 1.29 is 89.0 Å². The Kier molecular flexibility index (Phi) is 13.0. The summed E-state index contributed by atoms with van der Waals surface area (Å²) in [6.45, 7) is 8.27. The van der Waals surface area contributed by atoms with Gasteiger partial charge in [-0.2, -0.15) is 0 Å². The molecule has 9 rings (SSSR count). The Bertz CT molecular complexity index is 1550. The first-order valence-corrected chi connectivity index (χ1v) is 23.3. The normalized spacial score (nSPS) is 58.9. The van der Waals surface area contributed by atoms with Crippen molar-refractivity contribution in [1.82, 2.24) is 0 Å². The molecule has 0 radical (unpaired) electrons. The van der Waals surface area contributed by atoms with Crippen LogP contribution >= 0.6 is 0 Å². The average Bonchev–Trinajstić information content (AvgIpc) is 3.69. The third kappa shape index (κ3) is 7.55. The second kappa shape index (κ2) is 17.4. The standard InChI is InChI=1S/C44H72O18/c1-18-7-10-44(56-16-18)19(2)30-27(62-44)12-23-21-6-5-20-11-26(24(47)13-43(20,4)22(21)8-9-42(23,30)3)57-41-38(61-40-36(54)34(52)32(50)28(14-45)58-40)37(33(51)29(15-46)59-41)60-39-35(53)31(49)25(48)17-55-39/h18-41,45-54H,5-17H2,1-4H3/t18?,19-,20+,21+,22?,23?,24-,25+,26+,27-,28+,29+,30-,31-,32+,33+,34-,35+,36+,37-,38+,39-,40-,41+,42-,43-,44+/m0/s1. The number of aliphatic hydroxyl groups excluding tert-OH is 10. The fraction of sp³-hybridized carbons (Fsp3) is 1.00. The molecule has 356 valence electrons. The lowest BCUT2D eigenvalue weighted by Crippen LogP contribution is -2.67. The molecule has 4 saturated carbocycles. The summed E-state index contributed by atoms with van der Waals surface area (Å²) in [4.78, 5) is 0. The Balaban J connectivity index is 0.934. The van der Waals surface area contributed by atoms with E-state index < -0.39 is 124 Å². The molecule has 9 fully saturated rings. The van der Waals surface area contributed by atoms with Gasteiger partial charge in [0.1, 0.15) is 67.1 Å². The van der Waals surface area contributed by atoms with Gasteiger partial charge in [0.25, 0.3) is 0 Å². The molecule has 4 aliphatic carbocycles. The molecular formula is C44H72O18. The minimum atomic E-state index is -1.87. The molecule has 27 atom stereocenters. The fourth-order valence-electron chi connectivity index (χ4n) is 14.4. The van der Waals surface area contributed by atoms with E-state index in [0.717, 1.165) is 51.6 Å². The molecule has 0 aromatic heterocycles. The van der Waals surface area contributed by atoms with Crippen LogP contribution in [0.4, 0.5) is 0 Å². The number of aliphatic hydroxyl groups is 10. The summed E-state index contributed by atoms with van der Waals surface area (Å²) in [7, 11) is 0. The number of hydrogen-bond acceptors (Lipinski definition) is 18. The van der Waals surface area contributed by atoms with Crippen LogP contribution < -0.4 is 0 Å². The van der Waals surface area contributed by atoms with Gasteiger partial charge in [-0.1, -0.05) is 27.7 Å². The Morgan fingerprint density at radius 2 is 1.31 bits per heavy atom. The van der Waals surface area contributed by atoms with Crippen molar-refractivity contribution >= 4 is 0 Å². The van der Waals surface area contributed by atoms with E-state index >= 15 is 0 Å². The summed E-state index contributed by atoms with van der Waals surface area (Å²) in [5.41, 5.74) is -0.0485. The van der Waals surface area contributed by atoms with Crippen LogP contribution in [0.15, 0.2) is 0 Å². The lowest BCUT2D eigenvalue weighted by molar-refractivity contribution is -0.394. The third-order valence-electron chi connectivity index (χ3n) is 17.9. The van der Waals surface area contributed by atoms with Crippen molar-refractivity contribution in [2.45, 2.75) is 196 Å². The molecule has 9 aliphatic rings. The van der Waals surface area contributed by atoms with E-state index in [4.69, 9.17) is 37.9 Å². The highest BCUT2D eigenvalue weighted by molar-refractivity contribution is 5.16. The van der Waals surface area contributed by atoms with Crippen LogP contribution in [0.2, 0.25) is 0 Å². The molecule has 18 nitrogen and oxygen atoms in total. The van der Waals surface area contributed by atoms with Gasteiger partial charge in [-0.05, 0) is 97.7 Å². The fourth-order valence-corrected chi connectivity index (χ4v) is 14.4. The monoisotopic (exact) mass is 888 g/mol. The van der Waals surface area contributed by atoms with Crippen molar-refractivity contribution in [3.63, 3.8) is 0 Å². The summed E-state index contributed by atoms with van der Waals surface area (Å²) in [5, 5.41) is 107. The topological polar surface area (TPSA) is 276 Å². The molecule has 0 aromatic carbocycles. The first-order chi connectivity index (χ1) is 29.4. The summed E-state index contributed by atoms with van der Waals surface area (Å²) in [6.07, 6.45) is -16.2. The molecule has 5 aliphatic heterocycles. The minimum Gasteiger partial charge on any atom is -0.394 e. The number of fused-ring (bicyclic) bond motifs is 7. The zero-order valence-corrected chi connectivity index (χ0v) is 36.3. The lowest BCUT2D eigenvalue weighted by Gasteiger charge is -2.62. The molecule has 10 N–H and O–H groups in total. The van der Waals surface area contributed by atoms with E-state index in [1.807, 2.05) is 0 Å². The van der Waals surface area contributed by atoms with Crippen LogP contribution in [0.3, 0.4) is 0 Å². The Morgan fingerprint density at radius 3 is 2.02 bits per heavy atom. The highest BCUT2D eigenvalue weighted by Gasteiger charge is 2.69. The Hall–Kier alpha value is -0.720. The van der Waals surface area contributed by atoms with Gasteiger partial charge in [0.05, 0.1) is 44.7 Å². The van der Waals surface area contributed by atoms with Crippen LogP contribution in [0, 0.1) is 52.3 Å². The van der Waals surface area contributed by atoms with Gasteiger partial charge in [0.2, 0.25) is 0 Å². The molecule has 0 bridgehead atoms. The van der Waals surface area contributed by atoms with Gasteiger partial charge >= 0.3 is 0 Å². The molecule has 0 aromatic rings. The SMILES string of the molecule is CC1CC[C@@]2(OC1)O[C@H]1CC3[C@@H]4CC[C@@H]5C[C@@H](O[C@@H]6O[C@H](CO)[C@@H](O)[C@H](O[C@@H]7OC[C@@H](O)[C@H](O)[C@H]7O)[C@H]6O[C@@H]6O[C@H](CO)[C@@H](O)[C@H](O)[C@H]6O)[C@@H](O)C[C@]5(C)C4CC[C@]3(C)[C@H]1[C@@H]2C. The summed E-state index contributed by atoms with van der Waals surface area (Å²) in [6, 6.07) is 0. The molecule has 62 heavy (non-hydrogen) atoms. The molecule has 5 heterocycles. The molecule has 18 heteroatoms. The Labute approximate surface area is 362 Å². The van der Waals surface area contributed by atoms with E-state index in [-0.39, 0.29) is 22.9 Å². The van der Waals surface area contributed by atoms with Gasteiger partial charge < -0.3 is 89.0 Å². The van der Waals surface area contributed by atoms with Crippen LogP contribution in [0.5, 0.6) is 0 Å². The van der Waals surface area contributed by atoms with E-state index in [0.29, 0.717) is 48.3 Å². The predicted octanol–water partition coefficient (Wildman–Crippen LogP) is -1.12. The van der Waals surface area contributed by atoms with Gasteiger partial charge in [-0.3, -0.25) is 0 Å². The molecule has 5 saturated heterocycles. The van der Waals surface area contributed by atoms with Crippen LogP contribution in [0.1, 0.15) is 85.5 Å². The minimum absolute atomic E-state index is 0.139. The maximum absolute atomic E-state index is 12.1. The highest BCUT2D eigenvalue weighted by Crippen LogP contribution is 2.71. The highest BCUT2D eigenvalue weighted by atomic mass is 16.8. The molecule has 0 amide bonds. The van der Waals surface area contributed by atoms with E-state index in [9.17, 15) is 51.1 Å². The lowest BCUT2D eigenvalue weighted by atomic mass is 9.44. The van der Waals surface area contributed by atoms with Crippen molar-refractivity contribution in [2.24, 2.45) is 52.3 Å². The maximum Gasteiger partial charge on any atom is 0.187 e. The van der Waals surface area contributed by atoms with E-state index in [1.54, 1.807) is 0 Å². The second-order valence-electron chi connectivity index (χ2n) is 21.2. The van der Waals surface area contributed by atoms with E-state index in [2.05, 4.69) is 27.7 Å². The maximum atomic E-state index is 12.1. The summed E-state index contributed by atoms with van der Waals surface area (Å²) in [5.74, 6) is 2.39. The van der Waals surface area contributed by atoms with Crippen LogP contribution in [-0.2, 0) is 37.9 Å². The average molecular weight is 889 g/mol. The van der Waals surface area contributed by atoms with Crippen molar-refractivity contribution in [2.75, 3.05) is 26.4 Å². The van der Waals surface area contributed by atoms with Crippen molar-refractivity contribution in [1.29, 1.82) is 0 Å². The van der Waals surface area contributed by atoms with Crippen LogP contribution in [-0.4, -0.2) is 188 Å². The second-order valence-corrected chi connectivity index (χ2v) is 21.2. The van der Waals surface area contributed by atoms with Gasteiger partial charge in [-0.25, -0.2) is 0 Å². The first kappa shape index (κ1) is 46.4.